The van der Waals surface area contributed by atoms with Gasteiger partial charge in [-0.2, -0.15) is 0 Å². The number of halogens is 1. The molecule has 1 fully saturated rings. The van der Waals surface area contributed by atoms with Crippen LogP contribution in [0.4, 0.5) is 17.1 Å². The molecule has 1 aliphatic rings. The van der Waals surface area contributed by atoms with E-state index in [0.29, 0.717) is 0 Å². The van der Waals surface area contributed by atoms with Gasteiger partial charge in [-0.1, -0.05) is 34.1 Å². The Bertz CT molecular complexity index is 699. The van der Waals surface area contributed by atoms with Gasteiger partial charge in [0.05, 0.1) is 17.9 Å². The molecule has 0 atom stereocenters. The summed E-state index contributed by atoms with van der Waals surface area (Å²) in [6, 6.07) is 15.8. The summed E-state index contributed by atoms with van der Waals surface area (Å²) in [5.41, 5.74) is 3.00. The van der Waals surface area contributed by atoms with Gasteiger partial charge in [-0.25, -0.2) is 0 Å². The predicted octanol–water partition coefficient (Wildman–Crippen LogP) is 4.49. The Morgan fingerprint density at radius 2 is 1.83 bits per heavy atom. The normalized spacial score (nSPS) is 14.3. The Morgan fingerprint density at radius 1 is 1.04 bits per heavy atom. The molecule has 0 aliphatic carbocycles. The number of carbonyl (C=O) groups excluding carboxylic acids is 1. The fourth-order valence-corrected chi connectivity index (χ4v) is 3.38. The molecular formula is C19H22BrN3O. The number of para-hydroxylation sites is 2. The highest BCUT2D eigenvalue weighted by Gasteiger charge is 2.14. The zero-order chi connectivity index (χ0) is 16.8. The second kappa shape index (κ2) is 8.20. The monoisotopic (exact) mass is 387 g/mol. The van der Waals surface area contributed by atoms with Crippen molar-refractivity contribution in [2.75, 3.05) is 35.2 Å². The van der Waals surface area contributed by atoms with Crippen molar-refractivity contribution in [2.45, 2.75) is 19.3 Å². The van der Waals surface area contributed by atoms with E-state index >= 15 is 0 Å². The summed E-state index contributed by atoms with van der Waals surface area (Å²) in [6.45, 7) is 2.42. The molecule has 2 aromatic rings. The van der Waals surface area contributed by atoms with Gasteiger partial charge in [0.1, 0.15) is 0 Å². The van der Waals surface area contributed by atoms with E-state index in [4.69, 9.17) is 0 Å². The Hall–Kier alpha value is -2.01. The van der Waals surface area contributed by atoms with Gasteiger partial charge in [0, 0.05) is 23.2 Å². The van der Waals surface area contributed by atoms with Crippen LogP contribution in [0.2, 0.25) is 0 Å². The van der Waals surface area contributed by atoms with E-state index in [1.165, 1.54) is 24.9 Å². The van der Waals surface area contributed by atoms with Crippen molar-refractivity contribution < 1.29 is 4.79 Å². The van der Waals surface area contributed by atoms with Crippen LogP contribution in [-0.2, 0) is 4.79 Å². The van der Waals surface area contributed by atoms with Crippen molar-refractivity contribution in [1.82, 2.24) is 0 Å². The topological polar surface area (TPSA) is 44.4 Å². The van der Waals surface area contributed by atoms with Gasteiger partial charge in [0.15, 0.2) is 0 Å². The Labute approximate surface area is 151 Å². The van der Waals surface area contributed by atoms with Crippen LogP contribution in [0.5, 0.6) is 0 Å². The van der Waals surface area contributed by atoms with Crippen molar-refractivity contribution in [3.63, 3.8) is 0 Å². The van der Waals surface area contributed by atoms with Crippen molar-refractivity contribution in [3.8, 4) is 0 Å². The Morgan fingerprint density at radius 3 is 2.62 bits per heavy atom. The van der Waals surface area contributed by atoms with Gasteiger partial charge in [0.2, 0.25) is 5.91 Å². The number of rotatable bonds is 5. The molecular weight excluding hydrogens is 366 g/mol. The molecule has 3 rings (SSSR count). The summed E-state index contributed by atoms with van der Waals surface area (Å²) in [4.78, 5) is 14.6. The van der Waals surface area contributed by atoms with E-state index in [2.05, 4.69) is 43.6 Å². The summed E-state index contributed by atoms with van der Waals surface area (Å²) < 4.78 is 0.948. The minimum atomic E-state index is -0.0541. The standard InChI is InChI=1S/C19H22BrN3O/c20-15-7-6-8-16(13-15)22-19(24)14-21-17-9-2-3-10-18(17)23-11-4-1-5-12-23/h2-3,6-10,13,21H,1,4-5,11-12,14H2,(H,22,24). The molecule has 2 N–H and O–H groups in total. The maximum absolute atomic E-state index is 12.2. The van der Waals surface area contributed by atoms with Crippen LogP contribution < -0.4 is 15.5 Å². The van der Waals surface area contributed by atoms with Crippen molar-refractivity contribution in [1.29, 1.82) is 0 Å². The molecule has 126 valence electrons. The van der Waals surface area contributed by atoms with Crippen molar-refractivity contribution in [3.05, 3.63) is 53.0 Å². The number of hydrogen-bond acceptors (Lipinski definition) is 3. The molecule has 0 saturated carbocycles. The third-order valence-electron chi connectivity index (χ3n) is 4.15. The second-order valence-corrected chi connectivity index (χ2v) is 6.89. The molecule has 5 heteroatoms. The summed E-state index contributed by atoms with van der Waals surface area (Å²) in [7, 11) is 0. The molecule has 0 radical (unpaired) electrons. The summed E-state index contributed by atoms with van der Waals surface area (Å²) in [5, 5.41) is 6.19. The Balaban J connectivity index is 1.61. The van der Waals surface area contributed by atoms with Crippen molar-refractivity contribution >= 4 is 38.9 Å². The lowest BCUT2D eigenvalue weighted by Gasteiger charge is -2.30. The number of hydrogen-bond donors (Lipinski definition) is 2. The number of benzene rings is 2. The highest BCUT2D eigenvalue weighted by molar-refractivity contribution is 9.10. The van der Waals surface area contributed by atoms with Crippen LogP contribution >= 0.6 is 15.9 Å². The first-order valence-corrected chi connectivity index (χ1v) is 9.15. The van der Waals surface area contributed by atoms with Gasteiger partial charge < -0.3 is 15.5 Å². The molecule has 1 aliphatic heterocycles. The van der Waals surface area contributed by atoms with Crippen LogP contribution in [0.25, 0.3) is 0 Å². The largest absolute Gasteiger partial charge is 0.374 e. The lowest BCUT2D eigenvalue weighted by molar-refractivity contribution is -0.114. The minimum Gasteiger partial charge on any atom is -0.374 e. The maximum atomic E-state index is 12.2. The molecule has 1 amide bonds. The van der Waals surface area contributed by atoms with Gasteiger partial charge in [-0.15, -0.1) is 0 Å². The van der Waals surface area contributed by atoms with Crippen LogP contribution in [0.3, 0.4) is 0 Å². The zero-order valence-corrected chi connectivity index (χ0v) is 15.2. The molecule has 24 heavy (non-hydrogen) atoms. The Kier molecular flexibility index (Phi) is 5.75. The fourth-order valence-electron chi connectivity index (χ4n) is 2.98. The fraction of sp³-hybridized carbons (Fsp3) is 0.316. The number of anilines is 3. The number of amides is 1. The summed E-state index contributed by atoms with van der Waals surface area (Å²) >= 11 is 3.41. The zero-order valence-electron chi connectivity index (χ0n) is 13.6. The number of carbonyl (C=O) groups is 1. The van der Waals surface area contributed by atoms with Crippen LogP contribution in [-0.4, -0.2) is 25.5 Å². The average molecular weight is 388 g/mol. The van der Waals surface area contributed by atoms with Gasteiger partial charge >= 0.3 is 0 Å². The van der Waals surface area contributed by atoms with Crippen LogP contribution in [0.1, 0.15) is 19.3 Å². The molecule has 2 aromatic carbocycles. The summed E-state index contributed by atoms with van der Waals surface area (Å²) in [5.74, 6) is -0.0541. The third kappa shape index (κ3) is 4.51. The second-order valence-electron chi connectivity index (χ2n) is 5.98. The van der Waals surface area contributed by atoms with Gasteiger partial charge in [0.25, 0.3) is 0 Å². The number of piperidine rings is 1. The average Bonchev–Trinajstić information content (AvgIpc) is 2.61. The third-order valence-corrected chi connectivity index (χ3v) is 4.64. The molecule has 0 aromatic heterocycles. The first-order valence-electron chi connectivity index (χ1n) is 8.35. The molecule has 0 bridgehead atoms. The molecule has 1 heterocycles. The lowest BCUT2D eigenvalue weighted by Crippen LogP contribution is -2.30. The first-order chi connectivity index (χ1) is 11.7. The maximum Gasteiger partial charge on any atom is 0.243 e. The highest BCUT2D eigenvalue weighted by atomic mass is 79.9. The molecule has 4 nitrogen and oxygen atoms in total. The van der Waals surface area contributed by atoms with Gasteiger partial charge in [-0.3, -0.25) is 4.79 Å². The van der Waals surface area contributed by atoms with Crippen LogP contribution in [0.15, 0.2) is 53.0 Å². The van der Waals surface area contributed by atoms with E-state index < -0.39 is 0 Å². The quantitative estimate of drug-likeness (QED) is 0.793. The molecule has 1 saturated heterocycles. The van der Waals surface area contributed by atoms with Crippen LogP contribution in [0, 0.1) is 0 Å². The van der Waals surface area contributed by atoms with Crippen molar-refractivity contribution in [2.24, 2.45) is 0 Å². The smallest absolute Gasteiger partial charge is 0.243 e. The van der Waals surface area contributed by atoms with E-state index in [0.717, 1.165) is 28.9 Å². The number of nitrogens with one attached hydrogen (secondary N) is 2. The van der Waals surface area contributed by atoms with E-state index in [1.807, 2.05) is 36.4 Å². The highest BCUT2D eigenvalue weighted by Crippen LogP contribution is 2.28. The first kappa shape index (κ1) is 16.8. The summed E-state index contributed by atoms with van der Waals surface area (Å²) in [6.07, 6.45) is 3.77. The predicted molar refractivity (Wildman–Crippen MR) is 104 cm³/mol. The minimum absolute atomic E-state index is 0.0541. The lowest BCUT2D eigenvalue weighted by atomic mass is 10.1. The van der Waals surface area contributed by atoms with E-state index in [-0.39, 0.29) is 12.5 Å². The van der Waals surface area contributed by atoms with E-state index in [1.54, 1.807) is 0 Å². The SMILES string of the molecule is O=C(CNc1ccccc1N1CCCCC1)Nc1cccc(Br)c1. The van der Waals surface area contributed by atoms with Gasteiger partial charge in [-0.05, 0) is 49.6 Å². The molecule has 0 unspecified atom stereocenters. The molecule has 0 spiro atoms. The number of nitrogens with zero attached hydrogens (tertiary/aromatic N) is 1. The van der Waals surface area contributed by atoms with E-state index in [9.17, 15) is 4.79 Å².